The van der Waals surface area contributed by atoms with Gasteiger partial charge < -0.3 is 14.7 Å². The van der Waals surface area contributed by atoms with E-state index in [0.29, 0.717) is 31.9 Å². The molecule has 1 N–H and O–H groups in total. The summed E-state index contributed by atoms with van der Waals surface area (Å²) in [6.07, 6.45) is 1.68. The first kappa shape index (κ1) is 15.8. The number of nitrogens with zero attached hydrogens (tertiary/aromatic N) is 1. The normalized spacial score (nSPS) is 22.1. The van der Waals surface area contributed by atoms with Gasteiger partial charge in [-0.3, -0.25) is 4.79 Å². The third-order valence-electron chi connectivity index (χ3n) is 4.06. The number of aryl methyl sites for hydroxylation is 1. The van der Waals surface area contributed by atoms with E-state index in [4.69, 9.17) is 4.74 Å². The molecule has 1 aromatic carbocycles. The average molecular weight is 291 g/mol. The van der Waals surface area contributed by atoms with Crippen molar-refractivity contribution in [2.45, 2.75) is 39.2 Å². The number of likely N-dealkylation sites (tertiary alicyclic amines) is 1. The van der Waals surface area contributed by atoms with Gasteiger partial charge in [-0.2, -0.15) is 0 Å². The van der Waals surface area contributed by atoms with Crippen LogP contribution >= 0.6 is 0 Å². The maximum atomic E-state index is 12.1. The highest BCUT2D eigenvalue weighted by Crippen LogP contribution is 2.18. The molecule has 1 aliphatic rings. The lowest BCUT2D eigenvalue weighted by Gasteiger charge is -2.34. The average Bonchev–Trinajstić information content (AvgIpc) is 2.46. The van der Waals surface area contributed by atoms with Crippen LogP contribution in [0.1, 0.15) is 31.7 Å². The number of amides is 1. The number of benzene rings is 1. The number of carbonyl (C=O) groups is 1. The van der Waals surface area contributed by atoms with Crippen LogP contribution in [-0.4, -0.2) is 41.7 Å². The van der Waals surface area contributed by atoms with E-state index in [0.717, 1.165) is 18.7 Å². The van der Waals surface area contributed by atoms with Gasteiger partial charge in [-0.25, -0.2) is 0 Å². The van der Waals surface area contributed by atoms with Crippen molar-refractivity contribution in [2.24, 2.45) is 5.92 Å². The summed E-state index contributed by atoms with van der Waals surface area (Å²) in [6.45, 7) is 5.83. The molecule has 0 spiro atoms. The van der Waals surface area contributed by atoms with Crippen molar-refractivity contribution >= 4 is 5.91 Å². The molecule has 0 aliphatic carbocycles. The van der Waals surface area contributed by atoms with Gasteiger partial charge in [0, 0.05) is 19.5 Å². The number of aliphatic hydroxyl groups is 1. The van der Waals surface area contributed by atoms with Crippen LogP contribution in [-0.2, 0) is 4.79 Å². The van der Waals surface area contributed by atoms with Crippen LogP contribution in [0.4, 0.5) is 0 Å². The van der Waals surface area contributed by atoms with Gasteiger partial charge in [-0.1, -0.05) is 19.1 Å². The molecular formula is C17H25NO3. The molecule has 0 saturated carbocycles. The van der Waals surface area contributed by atoms with Crippen molar-refractivity contribution in [1.82, 2.24) is 4.90 Å². The zero-order chi connectivity index (χ0) is 15.2. The summed E-state index contributed by atoms with van der Waals surface area (Å²) in [7, 11) is 0. The van der Waals surface area contributed by atoms with Crippen molar-refractivity contribution < 1.29 is 14.6 Å². The van der Waals surface area contributed by atoms with Crippen molar-refractivity contribution in [3.8, 4) is 5.75 Å². The lowest BCUT2D eigenvalue weighted by atomic mass is 9.96. The van der Waals surface area contributed by atoms with Crippen molar-refractivity contribution in [1.29, 1.82) is 0 Å². The Labute approximate surface area is 126 Å². The van der Waals surface area contributed by atoms with Gasteiger partial charge in [0.25, 0.3) is 0 Å². The summed E-state index contributed by atoms with van der Waals surface area (Å²) >= 11 is 0. The van der Waals surface area contributed by atoms with Gasteiger partial charge in [0.1, 0.15) is 5.75 Å². The number of piperidine rings is 1. The second-order valence-corrected chi connectivity index (χ2v) is 5.94. The molecule has 2 rings (SSSR count). The van der Waals surface area contributed by atoms with Crippen LogP contribution in [0.3, 0.4) is 0 Å². The third-order valence-corrected chi connectivity index (χ3v) is 4.06. The smallest absolute Gasteiger partial charge is 0.222 e. The summed E-state index contributed by atoms with van der Waals surface area (Å²) in [6, 6.07) is 7.91. The molecule has 1 fully saturated rings. The van der Waals surface area contributed by atoms with Gasteiger partial charge >= 0.3 is 0 Å². The van der Waals surface area contributed by atoms with E-state index in [-0.39, 0.29) is 12.0 Å². The minimum Gasteiger partial charge on any atom is -0.494 e. The molecule has 0 bridgehead atoms. The zero-order valence-electron chi connectivity index (χ0n) is 12.9. The molecule has 1 amide bonds. The van der Waals surface area contributed by atoms with Crippen molar-refractivity contribution in [3.63, 3.8) is 0 Å². The Morgan fingerprint density at radius 1 is 1.48 bits per heavy atom. The summed E-state index contributed by atoms with van der Waals surface area (Å²) in [5, 5.41) is 9.82. The van der Waals surface area contributed by atoms with E-state index in [1.807, 2.05) is 38.1 Å². The highest BCUT2D eigenvalue weighted by Gasteiger charge is 2.26. The number of hydrogen-bond acceptors (Lipinski definition) is 3. The number of β-amino-alcohol motifs (C(OH)–C–C–N with tert-alkyl or cyclic N) is 1. The largest absolute Gasteiger partial charge is 0.494 e. The fraction of sp³-hybridized carbons (Fsp3) is 0.588. The quantitative estimate of drug-likeness (QED) is 0.847. The van der Waals surface area contributed by atoms with E-state index in [1.165, 1.54) is 5.56 Å². The molecule has 2 unspecified atom stereocenters. The Kier molecular flexibility index (Phi) is 5.62. The van der Waals surface area contributed by atoms with E-state index < -0.39 is 0 Å². The fourth-order valence-corrected chi connectivity index (χ4v) is 2.55. The van der Waals surface area contributed by atoms with Gasteiger partial charge in [-0.15, -0.1) is 0 Å². The van der Waals surface area contributed by atoms with Crippen LogP contribution < -0.4 is 4.74 Å². The Morgan fingerprint density at radius 2 is 2.29 bits per heavy atom. The second kappa shape index (κ2) is 7.46. The number of rotatable bonds is 5. The molecule has 1 heterocycles. The topological polar surface area (TPSA) is 49.8 Å². The third kappa shape index (κ3) is 4.74. The predicted octanol–water partition coefficient (Wildman–Crippen LogP) is 2.38. The highest BCUT2D eigenvalue weighted by atomic mass is 16.5. The van der Waals surface area contributed by atoms with Crippen LogP contribution in [0.5, 0.6) is 5.75 Å². The second-order valence-electron chi connectivity index (χ2n) is 5.94. The highest BCUT2D eigenvalue weighted by molar-refractivity contribution is 5.76. The lowest BCUT2D eigenvalue weighted by molar-refractivity contribution is -0.135. The number of aliphatic hydroxyl groups excluding tert-OH is 1. The van der Waals surface area contributed by atoms with E-state index >= 15 is 0 Å². The van der Waals surface area contributed by atoms with E-state index in [1.54, 1.807) is 4.90 Å². The van der Waals surface area contributed by atoms with Crippen LogP contribution in [0.25, 0.3) is 0 Å². The van der Waals surface area contributed by atoms with Crippen molar-refractivity contribution in [3.05, 3.63) is 29.8 Å². The van der Waals surface area contributed by atoms with E-state index in [2.05, 4.69) is 0 Å². The Balaban J connectivity index is 1.67. The fourth-order valence-electron chi connectivity index (χ4n) is 2.55. The summed E-state index contributed by atoms with van der Waals surface area (Å²) in [4.78, 5) is 13.9. The molecule has 1 saturated heterocycles. The van der Waals surface area contributed by atoms with E-state index in [9.17, 15) is 9.90 Å². The zero-order valence-corrected chi connectivity index (χ0v) is 12.9. The predicted molar refractivity (Wildman–Crippen MR) is 82.3 cm³/mol. The SMILES string of the molecule is Cc1cccc(OCCCC(=O)N2CCC(C)C(O)C2)c1. The van der Waals surface area contributed by atoms with Gasteiger partial charge in [0.05, 0.1) is 12.7 Å². The van der Waals surface area contributed by atoms with Crippen molar-refractivity contribution in [2.75, 3.05) is 19.7 Å². The first-order valence-electron chi connectivity index (χ1n) is 7.71. The maximum absolute atomic E-state index is 12.1. The summed E-state index contributed by atoms with van der Waals surface area (Å²) in [5.41, 5.74) is 1.17. The van der Waals surface area contributed by atoms with Crippen LogP contribution in [0.2, 0.25) is 0 Å². The summed E-state index contributed by atoms with van der Waals surface area (Å²) < 4.78 is 5.64. The maximum Gasteiger partial charge on any atom is 0.222 e. The number of ether oxygens (including phenoxy) is 1. The Morgan fingerprint density at radius 3 is 3.00 bits per heavy atom. The minimum absolute atomic E-state index is 0.119. The number of carbonyl (C=O) groups excluding carboxylic acids is 1. The Bertz CT molecular complexity index is 475. The van der Waals surface area contributed by atoms with Gasteiger partial charge in [0.2, 0.25) is 5.91 Å². The monoisotopic (exact) mass is 291 g/mol. The first-order chi connectivity index (χ1) is 10.1. The minimum atomic E-state index is -0.383. The molecule has 4 nitrogen and oxygen atoms in total. The lowest BCUT2D eigenvalue weighted by Crippen LogP contribution is -2.45. The molecular weight excluding hydrogens is 266 g/mol. The standard InChI is InChI=1S/C17H25NO3/c1-13-5-3-6-15(11-13)21-10-4-7-17(20)18-9-8-14(2)16(19)12-18/h3,5-6,11,14,16,19H,4,7-10,12H2,1-2H3. The molecule has 0 aromatic heterocycles. The molecule has 4 heteroatoms. The summed E-state index contributed by atoms with van der Waals surface area (Å²) in [5.74, 6) is 1.26. The van der Waals surface area contributed by atoms with Gasteiger partial charge in [-0.05, 0) is 43.4 Å². The molecule has 21 heavy (non-hydrogen) atoms. The molecule has 116 valence electrons. The molecule has 2 atom stereocenters. The molecule has 1 aromatic rings. The number of hydrogen-bond donors (Lipinski definition) is 1. The Hall–Kier alpha value is -1.55. The molecule has 1 aliphatic heterocycles. The van der Waals surface area contributed by atoms with Crippen LogP contribution in [0.15, 0.2) is 24.3 Å². The molecule has 0 radical (unpaired) electrons. The van der Waals surface area contributed by atoms with Crippen LogP contribution in [0, 0.1) is 12.8 Å². The van der Waals surface area contributed by atoms with Gasteiger partial charge in [0.15, 0.2) is 0 Å². The first-order valence-corrected chi connectivity index (χ1v) is 7.71.